The van der Waals surface area contributed by atoms with E-state index in [0.717, 1.165) is 11.1 Å². The lowest BCUT2D eigenvalue weighted by Crippen LogP contribution is -2.33. The molecule has 4 nitrogen and oxygen atoms in total. The maximum absolute atomic E-state index is 14.3. The molecule has 1 aliphatic heterocycles. The number of pyridine rings is 1. The third kappa shape index (κ3) is 4.64. The number of carbonyl (C=O) groups excluding carboxylic acids is 1. The minimum Gasteiger partial charge on any atom is -0.486 e. The summed E-state index contributed by atoms with van der Waals surface area (Å²) in [4.78, 5) is 16.1. The summed E-state index contributed by atoms with van der Waals surface area (Å²) in [5.74, 6) is -0.0741. The quantitative estimate of drug-likeness (QED) is 0.543. The van der Waals surface area contributed by atoms with Crippen molar-refractivity contribution < 1.29 is 13.9 Å². The van der Waals surface area contributed by atoms with Crippen molar-refractivity contribution in [3.05, 3.63) is 87.9 Å². The molecule has 1 aliphatic rings. The predicted molar refractivity (Wildman–Crippen MR) is 116 cm³/mol. The Morgan fingerprint density at radius 3 is 2.90 bits per heavy atom. The Balaban J connectivity index is 1.41. The molecule has 2 heterocycles. The Kier molecular flexibility index (Phi) is 6.02. The van der Waals surface area contributed by atoms with Crippen molar-refractivity contribution in [3.8, 4) is 16.9 Å². The van der Waals surface area contributed by atoms with E-state index in [1.165, 1.54) is 12.1 Å². The third-order valence-corrected chi connectivity index (χ3v) is 5.23. The van der Waals surface area contributed by atoms with Crippen LogP contribution in [-0.2, 0) is 11.2 Å². The molecule has 30 heavy (non-hydrogen) atoms. The number of fused-ring (bicyclic) bond motifs is 1. The number of hydrogen-bond acceptors (Lipinski definition) is 3. The molecule has 0 saturated carbocycles. The first-order valence-electron chi connectivity index (χ1n) is 9.30. The monoisotopic (exact) mass is 442 g/mol. The molecule has 0 aliphatic carbocycles. The first-order valence-corrected chi connectivity index (χ1v) is 10.1. The second-order valence-corrected chi connectivity index (χ2v) is 7.72. The largest absolute Gasteiger partial charge is 0.486 e. The van der Waals surface area contributed by atoms with Gasteiger partial charge in [0.25, 0.3) is 0 Å². The first kappa shape index (κ1) is 20.4. The number of hydrogen-bond donors (Lipinski definition) is 1. The van der Waals surface area contributed by atoms with Crippen LogP contribution in [0.5, 0.6) is 5.75 Å². The average molecular weight is 443 g/mol. The molecule has 4 rings (SSSR count). The van der Waals surface area contributed by atoms with Crippen molar-refractivity contribution in [2.24, 2.45) is 0 Å². The van der Waals surface area contributed by atoms with Gasteiger partial charge in [-0.2, -0.15) is 0 Å². The molecule has 1 N–H and O–H groups in total. The Hall–Kier alpha value is -2.89. The van der Waals surface area contributed by atoms with Crippen molar-refractivity contribution in [1.82, 2.24) is 10.3 Å². The molecule has 3 aromatic rings. The number of benzene rings is 2. The normalized spacial score (nSPS) is 15.1. The lowest BCUT2D eigenvalue weighted by Gasteiger charge is -2.11. The van der Waals surface area contributed by atoms with Crippen molar-refractivity contribution in [2.75, 3.05) is 6.54 Å². The van der Waals surface area contributed by atoms with E-state index in [1.807, 2.05) is 12.1 Å². The fourth-order valence-corrected chi connectivity index (χ4v) is 3.74. The van der Waals surface area contributed by atoms with Gasteiger partial charge in [-0.25, -0.2) is 4.39 Å². The molecule has 1 atom stereocenters. The van der Waals surface area contributed by atoms with Crippen LogP contribution in [-0.4, -0.2) is 23.5 Å². The summed E-state index contributed by atoms with van der Waals surface area (Å²) in [5.41, 5.74) is 2.78. The highest BCUT2D eigenvalue weighted by atomic mass is 35.5. The summed E-state index contributed by atoms with van der Waals surface area (Å²) in [5, 5.41) is 3.56. The van der Waals surface area contributed by atoms with E-state index >= 15 is 0 Å². The molecule has 0 radical (unpaired) electrons. The Morgan fingerprint density at radius 1 is 1.27 bits per heavy atom. The summed E-state index contributed by atoms with van der Waals surface area (Å²) in [7, 11) is 0. The molecule has 0 fully saturated rings. The molecule has 0 saturated heterocycles. The number of halogens is 3. The molecule has 2 aromatic carbocycles. The molecular weight excluding hydrogens is 426 g/mol. The lowest BCUT2D eigenvalue weighted by atomic mass is 10.0. The highest BCUT2D eigenvalue weighted by molar-refractivity contribution is 6.32. The van der Waals surface area contributed by atoms with Crippen LogP contribution in [0.25, 0.3) is 17.2 Å². The van der Waals surface area contributed by atoms with Gasteiger partial charge in [-0.15, -0.1) is 0 Å². The van der Waals surface area contributed by atoms with Crippen LogP contribution in [0.3, 0.4) is 0 Å². The van der Waals surface area contributed by atoms with E-state index in [2.05, 4.69) is 10.3 Å². The van der Waals surface area contributed by atoms with Gasteiger partial charge in [-0.3, -0.25) is 9.78 Å². The van der Waals surface area contributed by atoms with Gasteiger partial charge in [-0.1, -0.05) is 29.3 Å². The number of nitrogens with zero attached hydrogens (tertiary/aromatic N) is 1. The number of carbonyl (C=O) groups is 1. The number of rotatable bonds is 5. The van der Waals surface area contributed by atoms with Crippen LogP contribution < -0.4 is 10.1 Å². The fourth-order valence-electron chi connectivity index (χ4n) is 3.30. The second kappa shape index (κ2) is 8.86. The fraction of sp³-hybridized carbons (Fsp3) is 0.130. The maximum atomic E-state index is 14.3. The number of ether oxygens (including phenoxy) is 1. The van der Waals surface area contributed by atoms with Gasteiger partial charge >= 0.3 is 0 Å². The molecular formula is C23H17Cl2FN2O2. The van der Waals surface area contributed by atoms with Gasteiger partial charge in [0.15, 0.2) is 0 Å². The summed E-state index contributed by atoms with van der Waals surface area (Å²) >= 11 is 12.2. The van der Waals surface area contributed by atoms with E-state index in [9.17, 15) is 9.18 Å². The zero-order chi connectivity index (χ0) is 21.1. The summed E-state index contributed by atoms with van der Waals surface area (Å²) in [6, 6.07) is 11.7. The van der Waals surface area contributed by atoms with E-state index < -0.39 is 5.82 Å². The number of nitrogens with one attached hydrogen (secondary N) is 1. The van der Waals surface area contributed by atoms with Gasteiger partial charge in [0, 0.05) is 41.0 Å². The van der Waals surface area contributed by atoms with E-state index in [0.29, 0.717) is 39.9 Å². The second-order valence-electron chi connectivity index (χ2n) is 6.88. The van der Waals surface area contributed by atoms with Crippen LogP contribution in [0.15, 0.2) is 60.9 Å². The Bertz CT molecular complexity index is 1120. The topological polar surface area (TPSA) is 51.2 Å². The van der Waals surface area contributed by atoms with Gasteiger partial charge in [0.1, 0.15) is 17.7 Å². The van der Waals surface area contributed by atoms with Crippen LogP contribution in [0.4, 0.5) is 4.39 Å². The third-order valence-electron chi connectivity index (χ3n) is 4.71. The Morgan fingerprint density at radius 2 is 2.13 bits per heavy atom. The first-order chi connectivity index (χ1) is 14.5. The highest BCUT2D eigenvalue weighted by Gasteiger charge is 2.26. The Labute approximate surface area is 183 Å². The molecule has 152 valence electrons. The molecule has 1 unspecified atom stereocenters. The minimum absolute atomic E-state index is 0.228. The molecule has 1 aromatic heterocycles. The van der Waals surface area contributed by atoms with Crippen LogP contribution >= 0.6 is 23.2 Å². The zero-order valence-electron chi connectivity index (χ0n) is 15.7. The molecule has 0 bridgehead atoms. The van der Waals surface area contributed by atoms with Crippen molar-refractivity contribution in [2.45, 2.75) is 12.5 Å². The van der Waals surface area contributed by atoms with Gasteiger partial charge in [0.2, 0.25) is 5.91 Å². The number of aromatic nitrogens is 1. The molecule has 1 amide bonds. The summed E-state index contributed by atoms with van der Waals surface area (Å²) in [6.45, 7) is 0.325. The SMILES string of the molecule is O=C(/C=C/c1cccnc1)NCC1Cc2cc(-c3ccc(Cl)cc3F)cc(Cl)c2O1. The summed E-state index contributed by atoms with van der Waals surface area (Å²) in [6.07, 6.45) is 6.79. The summed E-state index contributed by atoms with van der Waals surface area (Å²) < 4.78 is 20.2. The molecule has 0 spiro atoms. The van der Waals surface area contributed by atoms with Crippen molar-refractivity contribution in [1.29, 1.82) is 0 Å². The predicted octanol–water partition coefficient (Wildman–Crippen LogP) is 5.33. The van der Waals surface area contributed by atoms with Gasteiger partial charge in [0.05, 0.1) is 11.6 Å². The smallest absolute Gasteiger partial charge is 0.244 e. The number of amides is 1. The van der Waals surface area contributed by atoms with E-state index in [1.54, 1.807) is 42.7 Å². The van der Waals surface area contributed by atoms with E-state index in [4.69, 9.17) is 27.9 Å². The van der Waals surface area contributed by atoms with Crippen LogP contribution in [0.1, 0.15) is 11.1 Å². The average Bonchev–Trinajstić information content (AvgIpc) is 3.15. The van der Waals surface area contributed by atoms with Gasteiger partial charge in [-0.05, 0) is 53.6 Å². The standard InChI is InChI=1S/C23H17Cl2FN2O2/c24-17-4-5-19(21(26)11-17)15-8-16-9-18(30-23(16)20(25)10-15)13-28-22(29)6-3-14-2-1-7-27-12-14/h1-8,10-12,18H,9,13H2,(H,28,29)/b6-3+. The van der Waals surface area contributed by atoms with Gasteiger partial charge < -0.3 is 10.1 Å². The lowest BCUT2D eigenvalue weighted by molar-refractivity contribution is -0.116. The highest BCUT2D eigenvalue weighted by Crippen LogP contribution is 2.40. The van der Waals surface area contributed by atoms with Crippen LogP contribution in [0, 0.1) is 5.82 Å². The van der Waals surface area contributed by atoms with Crippen molar-refractivity contribution in [3.63, 3.8) is 0 Å². The molecule has 7 heteroatoms. The zero-order valence-corrected chi connectivity index (χ0v) is 17.3. The van der Waals surface area contributed by atoms with Crippen molar-refractivity contribution >= 4 is 35.2 Å². The van der Waals surface area contributed by atoms with E-state index in [-0.39, 0.29) is 12.0 Å². The van der Waals surface area contributed by atoms with Crippen LogP contribution in [0.2, 0.25) is 10.0 Å². The maximum Gasteiger partial charge on any atom is 0.244 e. The minimum atomic E-state index is -0.415.